The number of rotatable bonds is 4. The standard InChI is InChI=1S/C21H17FN2O3S/c22-15-4-2-14(3-5-15)21(7-8-21)19(25)24-20-23-16(12-28-20)13-1-6-17-18(11-13)27-10-9-26-17/h1-6,11-12H,7-10H2,(H,23,24,25). The number of carbonyl (C=O) groups excluding carboxylic acids is 1. The molecule has 2 aliphatic rings. The van der Waals surface area contributed by atoms with Gasteiger partial charge in [-0.25, -0.2) is 9.37 Å². The predicted molar refractivity (Wildman–Crippen MR) is 104 cm³/mol. The molecule has 2 heterocycles. The van der Waals surface area contributed by atoms with Gasteiger partial charge >= 0.3 is 0 Å². The van der Waals surface area contributed by atoms with Gasteiger partial charge in [0.2, 0.25) is 5.91 Å². The maximum Gasteiger partial charge on any atom is 0.236 e. The number of hydrogen-bond acceptors (Lipinski definition) is 5. The van der Waals surface area contributed by atoms with Gasteiger partial charge in [0.15, 0.2) is 16.6 Å². The number of halogens is 1. The first-order valence-corrected chi connectivity index (χ1v) is 9.95. The molecule has 0 radical (unpaired) electrons. The average molecular weight is 396 g/mol. The van der Waals surface area contributed by atoms with Gasteiger partial charge in [-0.2, -0.15) is 0 Å². The van der Waals surface area contributed by atoms with Crippen LogP contribution in [-0.4, -0.2) is 24.1 Å². The number of aromatic nitrogens is 1. The summed E-state index contributed by atoms with van der Waals surface area (Å²) in [5.74, 6) is 1.04. The highest BCUT2D eigenvalue weighted by Gasteiger charge is 2.51. The fourth-order valence-electron chi connectivity index (χ4n) is 3.42. The summed E-state index contributed by atoms with van der Waals surface area (Å²) >= 11 is 1.38. The van der Waals surface area contributed by atoms with Crippen LogP contribution in [-0.2, 0) is 10.2 Å². The molecule has 1 fully saturated rings. The average Bonchev–Trinajstić information content (AvgIpc) is 3.41. The number of nitrogens with zero attached hydrogens (tertiary/aromatic N) is 1. The highest BCUT2D eigenvalue weighted by Crippen LogP contribution is 2.49. The fourth-order valence-corrected chi connectivity index (χ4v) is 4.14. The Morgan fingerprint density at radius 2 is 1.82 bits per heavy atom. The number of amides is 1. The Hall–Kier alpha value is -2.93. The summed E-state index contributed by atoms with van der Waals surface area (Å²) in [6, 6.07) is 11.9. The van der Waals surface area contributed by atoms with E-state index in [1.807, 2.05) is 23.6 Å². The molecule has 0 spiro atoms. The molecule has 1 aliphatic heterocycles. The lowest BCUT2D eigenvalue weighted by molar-refractivity contribution is -0.118. The zero-order chi connectivity index (χ0) is 19.1. The molecule has 0 bridgehead atoms. The van der Waals surface area contributed by atoms with E-state index >= 15 is 0 Å². The van der Waals surface area contributed by atoms with Crippen LogP contribution in [0.3, 0.4) is 0 Å². The molecule has 1 aliphatic carbocycles. The second-order valence-electron chi connectivity index (χ2n) is 6.94. The van der Waals surface area contributed by atoms with Crippen LogP contribution in [0.15, 0.2) is 47.8 Å². The molecule has 5 rings (SSSR count). The van der Waals surface area contributed by atoms with Gasteiger partial charge < -0.3 is 14.8 Å². The van der Waals surface area contributed by atoms with Crippen LogP contribution in [0.25, 0.3) is 11.3 Å². The summed E-state index contributed by atoms with van der Waals surface area (Å²) in [6.45, 7) is 1.08. The van der Waals surface area contributed by atoms with Crippen molar-refractivity contribution in [2.24, 2.45) is 0 Å². The first kappa shape index (κ1) is 17.2. The lowest BCUT2D eigenvalue weighted by atomic mass is 9.95. The van der Waals surface area contributed by atoms with Crippen molar-refractivity contribution in [1.82, 2.24) is 4.98 Å². The Morgan fingerprint density at radius 1 is 1.07 bits per heavy atom. The molecule has 1 N–H and O–H groups in total. The summed E-state index contributed by atoms with van der Waals surface area (Å²) in [7, 11) is 0. The third kappa shape index (κ3) is 3.01. The third-order valence-electron chi connectivity index (χ3n) is 5.14. The normalized spacial score (nSPS) is 16.5. The summed E-state index contributed by atoms with van der Waals surface area (Å²) in [6.07, 6.45) is 1.51. The number of nitrogens with one attached hydrogen (secondary N) is 1. The second-order valence-corrected chi connectivity index (χ2v) is 7.80. The third-order valence-corrected chi connectivity index (χ3v) is 5.90. The van der Waals surface area contributed by atoms with Crippen molar-refractivity contribution in [1.29, 1.82) is 0 Å². The minimum atomic E-state index is -0.573. The number of ether oxygens (including phenoxy) is 2. The van der Waals surface area contributed by atoms with E-state index in [2.05, 4.69) is 10.3 Å². The van der Waals surface area contributed by atoms with Gasteiger partial charge in [-0.1, -0.05) is 12.1 Å². The smallest absolute Gasteiger partial charge is 0.236 e. The minimum absolute atomic E-state index is 0.0952. The largest absolute Gasteiger partial charge is 0.486 e. The first-order valence-electron chi connectivity index (χ1n) is 9.07. The number of benzene rings is 2. The minimum Gasteiger partial charge on any atom is -0.486 e. The van der Waals surface area contributed by atoms with Crippen molar-refractivity contribution >= 4 is 22.4 Å². The van der Waals surface area contributed by atoms with E-state index in [0.717, 1.165) is 35.4 Å². The van der Waals surface area contributed by atoms with Crippen LogP contribution in [0.1, 0.15) is 18.4 Å². The SMILES string of the molecule is O=C(Nc1nc(-c2ccc3c(c2)OCCO3)cs1)C1(c2ccc(F)cc2)CC1. The number of thiazole rings is 1. The zero-order valence-electron chi connectivity index (χ0n) is 14.9. The van der Waals surface area contributed by atoms with Gasteiger partial charge in [-0.3, -0.25) is 4.79 Å². The van der Waals surface area contributed by atoms with Gasteiger partial charge in [-0.05, 0) is 48.7 Å². The molecule has 0 unspecified atom stereocenters. The van der Waals surface area contributed by atoms with E-state index in [-0.39, 0.29) is 11.7 Å². The van der Waals surface area contributed by atoms with E-state index in [9.17, 15) is 9.18 Å². The van der Waals surface area contributed by atoms with Gasteiger partial charge in [0.25, 0.3) is 0 Å². The molecule has 3 aromatic rings. The molecule has 7 heteroatoms. The Bertz CT molecular complexity index is 1040. The topological polar surface area (TPSA) is 60.5 Å². The number of anilines is 1. The van der Waals surface area contributed by atoms with Crippen molar-refractivity contribution in [3.8, 4) is 22.8 Å². The van der Waals surface area contributed by atoms with Gasteiger partial charge in [-0.15, -0.1) is 11.3 Å². The van der Waals surface area contributed by atoms with Crippen molar-refractivity contribution < 1.29 is 18.7 Å². The Morgan fingerprint density at radius 3 is 2.57 bits per heavy atom. The highest BCUT2D eigenvalue weighted by atomic mass is 32.1. The van der Waals surface area contributed by atoms with E-state index in [1.165, 1.54) is 23.5 Å². The van der Waals surface area contributed by atoms with Crippen LogP contribution in [0, 0.1) is 5.82 Å². The van der Waals surface area contributed by atoms with E-state index < -0.39 is 5.41 Å². The van der Waals surface area contributed by atoms with Crippen molar-refractivity contribution in [3.05, 3.63) is 59.2 Å². The molecule has 0 saturated heterocycles. The van der Waals surface area contributed by atoms with E-state index in [0.29, 0.717) is 24.1 Å². The molecule has 2 aromatic carbocycles. The summed E-state index contributed by atoms with van der Waals surface area (Å²) < 4.78 is 24.4. The maximum atomic E-state index is 13.2. The molecule has 1 amide bonds. The van der Waals surface area contributed by atoms with Gasteiger partial charge in [0, 0.05) is 10.9 Å². The Labute approximate surface area is 165 Å². The molecule has 1 aromatic heterocycles. The lowest BCUT2D eigenvalue weighted by Crippen LogP contribution is -2.27. The van der Waals surface area contributed by atoms with Crippen molar-refractivity contribution in [2.75, 3.05) is 18.5 Å². The quantitative estimate of drug-likeness (QED) is 0.711. The molecule has 28 heavy (non-hydrogen) atoms. The Kier molecular flexibility index (Phi) is 4.05. The maximum absolute atomic E-state index is 13.2. The summed E-state index contributed by atoms with van der Waals surface area (Å²) in [4.78, 5) is 17.4. The number of fused-ring (bicyclic) bond motifs is 1. The number of carbonyl (C=O) groups is 1. The fraction of sp³-hybridized carbons (Fsp3) is 0.238. The molecule has 0 atom stereocenters. The molecular formula is C21H17FN2O3S. The molecule has 142 valence electrons. The van der Waals surface area contributed by atoms with Crippen LogP contribution >= 0.6 is 11.3 Å². The monoisotopic (exact) mass is 396 g/mol. The van der Waals surface area contributed by atoms with Gasteiger partial charge in [0.1, 0.15) is 19.0 Å². The molecule has 5 nitrogen and oxygen atoms in total. The van der Waals surface area contributed by atoms with Crippen molar-refractivity contribution in [2.45, 2.75) is 18.3 Å². The van der Waals surface area contributed by atoms with Crippen LogP contribution in [0.4, 0.5) is 9.52 Å². The summed E-state index contributed by atoms with van der Waals surface area (Å²) in [5, 5.41) is 5.38. The van der Waals surface area contributed by atoms with Crippen LogP contribution < -0.4 is 14.8 Å². The van der Waals surface area contributed by atoms with Crippen LogP contribution in [0.5, 0.6) is 11.5 Å². The lowest BCUT2D eigenvalue weighted by Gasteiger charge is -2.18. The highest BCUT2D eigenvalue weighted by molar-refractivity contribution is 7.14. The van der Waals surface area contributed by atoms with Crippen molar-refractivity contribution in [3.63, 3.8) is 0 Å². The number of hydrogen-bond donors (Lipinski definition) is 1. The summed E-state index contributed by atoms with van der Waals surface area (Å²) in [5.41, 5.74) is 1.94. The predicted octanol–water partition coefficient (Wildman–Crippen LogP) is 4.39. The molecular weight excluding hydrogens is 379 g/mol. The molecule has 1 saturated carbocycles. The van der Waals surface area contributed by atoms with E-state index in [1.54, 1.807) is 12.1 Å². The van der Waals surface area contributed by atoms with Crippen LogP contribution in [0.2, 0.25) is 0 Å². The van der Waals surface area contributed by atoms with E-state index in [4.69, 9.17) is 9.47 Å². The zero-order valence-corrected chi connectivity index (χ0v) is 15.7. The second kappa shape index (κ2) is 6.60. The first-order chi connectivity index (χ1) is 13.6. The van der Waals surface area contributed by atoms with Gasteiger partial charge in [0.05, 0.1) is 11.1 Å². The Balaban J connectivity index is 1.34.